The monoisotopic (exact) mass is 250 g/mol. The molecule has 1 heterocycles. The summed E-state index contributed by atoms with van der Waals surface area (Å²) in [5.41, 5.74) is 2.68. The molecule has 1 aromatic rings. The minimum absolute atomic E-state index is 0.315. The molecule has 1 spiro atoms. The van der Waals surface area contributed by atoms with Crippen LogP contribution >= 0.6 is 11.6 Å². The van der Waals surface area contributed by atoms with Crippen LogP contribution in [0.4, 0.5) is 11.4 Å². The summed E-state index contributed by atoms with van der Waals surface area (Å²) < 4.78 is 0. The standard InChI is InChI=1S/C14H19ClN2/c1-17-12-7-5-6-11(15)13(12)16-10-14(17)8-3-2-4-9-14/h5-7,16H,2-4,8-10H2,1H3. The average Bonchev–Trinajstić information content (AvgIpc) is 2.36. The molecule has 3 heteroatoms. The maximum Gasteiger partial charge on any atom is 0.0768 e. The van der Waals surface area contributed by atoms with Gasteiger partial charge in [-0.3, -0.25) is 0 Å². The highest BCUT2D eigenvalue weighted by molar-refractivity contribution is 6.34. The fraction of sp³-hybridized carbons (Fsp3) is 0.571. The van der Waals surface area contributed by atoms with E-state index in [1.807, 2.05) is 12.1 Å². The third-order valence-electron chi connectivity index (χ3n) is 4.44. The number of halogens is 1. The molecule has 92 valence electrons. The largest absolute Gasteiger partial charge is 0.380 e. The van der Waals surface area contributed by atoms with Gasteiger partial charge in [-0.2, -0.15) is 0 Å². The smallest absolute Gasteiger partial charge is 0.0768 e. The molecule has 1 aliphatic heterocycles. The van der Waals surface area contributed by atoms with Gasteiger partial charge < -0.3 is 10.2 Å². The highest BCUT2D eigenvalue weighted by atomic mass is 35.5. The molecule has 1 fully saturated rings. The number of nitrogens with one attached hydrogen (secondary N) is 1. The third kappa shape index (κ3) is 1.70. The van der Waals surface area contributed by atoms with Crippen molar-refractivity contribution in [3.05, 3.63) is 23.2 Å². The molecule has 17 heavy (non-hydrogen) atoms. The van der Waals surface area contributed by atoms with Gasteiger partial charge in [-0.15, -0.1) is 0 Å². The lowest BCUT2D eigenvalue weighted by Crippen LogP contribution is -2.55. The van der Waals surface area contributed by atoms with Crippen molar-refractivity contribution in [2.24, 2.45) is 0 Å². The lowest BCUT2D eigenvalue weighted by molar-refractivity contribution is 0.294. The predicted molar refractivity (Wildman–Crippen MR) is 74.2 cm³/mol. The number of hydrogen-bond acceptors (Lipinski definition) is 2. The molecule has 0 radical (unpaired) electrons. The summed E-state index contributed by atoms with van der Waals surface area (Å²) in [7, 11) is 2.22. The Bertz CT molecular complexity index is 424. The molecule has 1 saturated carbocycles. The minimum Gasteiger partial charge on any atom is -0.380 e. The molecule has 2 aliphatic rings. The van der Waals surface area contributed by atoms with E-state index >= 15 is 0 Å². The van der Waals surface area contributed by atoms with Crippen molar-refractivity contribution < 1.29 is 0 Å². The zero-order valence-corrected chi connectivity index (χ0v) is 11.1. The molecule has 0 amide bonds. The van der Waals surface area contributed by atoms with Crippen molar-refractivity contribution in [3.8, 4) is 0 Å². The van der Waals surface area contributed by atoms with Crippen LogP contribution in [0.5, 0.6) is 0 Å². The predicted octanol–water partition coefficient (Wildman–Crippen LogP) is 3.90. The lowest BCUT2D eigenvalue weighted by Gasteiger charge is -2.50. The number of anilines is 2. The van der Waals surface area contributed by atoms with Crippen LogP contribution in [0.1, 0.15) is 32.1 Å². The van der Waals surface area contributed by atoms with E-state index in [-0.39, 0.29) is 0 Å². The maximum absolute atomic E-state index is 6.25. The fourth-order valence-electron chi connectivity index (χ4n) is 3.32. The van der Waals surface area contributed by atoms with Crippen LogP contribution in [0.2, 0.25) is 5.02 Å². The van der Waals surface area contributed by atoms with E-state index in [2.05, 4.69) is 23.3 Å². The lowest BCUT2D eigenvalue weighted by atomic mass is 9.79. The summed E-state index contributed by atoms with van der Waals surface area (Å²) in [6, 6.07) is 6.17. The highest BCUT2D eigenvalue weighted by Gasteiger charge is 2.39. The summed E-state index contributed by atoms with van der Waals surface area (Å²) in [6.45, 7) is 1.03. The Morgan fingerprint density at radius 1 is 1.24 bits per heavy atom. The first-order valence-corrected chi connectivity index (χ1v) is 6.87. The molecule has 0 bridgehead atoms. The highest BCUT2D eigenvalue weighted by Crippen LogP contribution is 2.44. The van der Waals surface area contributed by atoms with Crippen LogP contribution in [0.3, 0.4) is 0 Å². The summed E-state index contributed by atoms with van der Waals surface area (Å²) >= 11 is 6.25. The van der Waals surface area contributed by atoms with Crippen molar-refractivity contribution in [2.75, 3.05) is 23.8 Å². The Balaban J connectivity index is 2.00. The van der Waals surface area contributed by atoms with Crippen LogP contribution in [-0.2, 0) is 0 Å². The van der Waals surface area contributed by atoms with E-state index in [0.717, 1.165) is 17.3 Å². The molecule has 0 unspecified atom stereocenters. The van der Waals surface area contributed by atoms with Gasteiger partial charge in [0.15, 0.2) is 0 Å². The van der Waals surface area contributed by atoms with E-state index < -0.39 is 0 Å². The molecule has 3 rings (SSSR count). The normalized spacial score (nSPS) is 22.1. The van der Waals surface area contributed by atoms with Gasteiger partial charge in [-0.05, 0) is 25.0 Å². The van der Waals surface area contributed by atoms with E-state index in [1.165, 1.54) is 37.8 Å². The molecule has 1 aliphatic carbocycles. The first-order valence-electron chi connectivity index (χ1n) is 6.49. The van der Waals surface area contributed by atoms with Gasteiger partial charge in [0.25, 0.3) is 0 Å². The topological polar surface area (TPSA) is 15.3 Å². The SMILES string of the molecule is CN1c2cccc(Cl)c2NCC12CCCCC2. The number of hydrogen-bond donors (Lipinski definition) is 1. The van der Waals surface area contributed by atoms with Gasteiger partial charge in [-0.25, -0.2) is 0 Å². The average molecular weight is 251 g/mol. The molecule has 2 nitrogen and oxygen atoms in total. The van der Waals surface area contributed by atoms with Gasteiger partial charge in [0.2, 0.25) is 0 Å². The van der Waals surface area contributed by atoms with E-state index in [4.69, 9.17) is 11.6 Å². The van der Waals surface area contributed by atoms with Crippen LogP contribution in [0.15, 0.2) is 18.2 Å². The van der Waals surface area contributed by atoms with Crippen molar-refractivity contribution in [2.45, 2.75) is 37.6 Å². The number of likely N-dealkylation sites (N-methyl/N-ethyl adjacent to an activating group) is 1. The Hall–Kier alpha value is -0.890. The van der Waals surface area contributed by atoms with Gasteiger partial charge in [0.1, 0.15) is 0 Å². The minimum atomic E-state index is 0.315. The molecule has 1 aromatic carbocycles. The van der Waals surface area contributed by atoms with E-state index in [1.54, 1.807) is 0 Å². The molecular weight excluding hydrogens is 232 g/mol. The quantitative estimate of drug-likeness (QED) is 0.751. The summed E-state index contributed by atoms with van der Waals surface area (Å²) in [4.78, 5) is 2.46. The second kappa shape index (κ2) is 4.09. The molecule has 0 saturated heterocycles. The van der Waals surface area contributed by atoms with Crippen LogP contribution in [0, 0.1) is 0 Å². The van der Waals surface area contributed by atoms with Crippen molar-refractivity contribution >= 4 is 23.0 Å². The Morgan fingerprint density at radius 2 is 2.00 bits per heavy atom. The van der Waals surface area contributed by atoms with Crippen molar-refractivity contribution in [1.82, 2.24) is 0 Å². The fourth-order valence-corrected chi connectivity index (χ4v) is 3.55. The molecule has 0 aromatic heterocycles. The number of benzene rings is 1. The zero-order valence-electron chi connectivity index (χ0n) is 10.3. The number of fused-ring (bicyclic) bond motifs is 1. The first kappa shape index (κ1) is 11.2. The molecular formula is C14H19ClN2. The van der Waals surface area contributed by atoms with Crippen LogP contribution in [0.25, 0.3) is 0 Å². The van der Waals surface area contributed by atoms with Gasteiger partial charge in [-0.1, -0.05) is 36.9 Å². The van der Waals surface area contributed by atoms with E-state index in [0.29, 0.717) is 5.54 Å². The van der Waals surface area contributed by atoms with Gasteiger partial charge in [0.05, 0.1) is 21.9 Å². The number of para-hydroxylation sites is 1. The maximum atomic E-state index is 6.25. The summed E-state index contributed by atoms with van der Waals surface area (Å²) in [5, 5.41) is 4.38. The van der Waals surface area contributed by atoms with Crippen LogP contribution < -0.4 is 10.2 Å². The van der Waals surface area contributed by atoms with E-state index in [9.17, 15) is 0 Å². The van der Waals surface area contributed by atoms with Crippen molar-refractivity contribution in [1.29, 1.82) is 0 Å². The Morgan fingerprint density at radius 3 is 2.76 bits per heavy atom. The molecule has 1 N–H and O–H groups in total. The first-order chi connectivity index (χ1) is 8.23. The second-order valence-electron chi connectivity index (χ2n) is 5.33. The third-order valence-corrected chi connectivity index (χ3v) is 4.76. The van der Waals surface area contributed by atoms with Crippen molar-refractivity contribution in [3.63, 3.8) is 0 Å². The number of nitrogens with zero attached hydrogens (tertiary/aromatic N) is 1. The summed E-state index contributed by atoms with van der Waals surface area (Å²) in [5.74, 6) is 0. The molecule has 0 atom stereocenters. The zero-order chi connectivity index (χ0) is 11.9. The van der Waals surface area contributed by atoms with Crippen LogP contribution in [-0.4, -0.2) is 19.1 Å². The van der Waals surface area contributed by atoms with Gasteiger partial charge >= 0.3 is 0 Å². The Labute approximate surface area is 108 Å². The number of rotatable bonds is 0. The van der Waals surface area contributed by atoms with Gasteiger partial charge in [0, 0.05) is 13.6 Å². The second-order valence-corrected chi connectivity index (χ2v) is 5.74. The summed E-state index contributed by atoms with van der Waals surface area (Å²) in [6.07, 6.45) is 6.67. The Kier molecular flexibility index (Phi) is 2.70.